The van der Waals surface area contributed by atoms with Gasteiger partial charge in [0.1, 0.15) is 0 Å². The van der Waals surface area contributed by atoms with E-state index in [9.17, 15) is 4.79 Å². The van der Waals surface area contributed by atoms with Crippen LogP contribution in [0.3, 0.4) is 0 Å². The number of nitrogens with zero attached hydrogens (tertiary/aromatic N) is 2. The van der Waals surface area contributed by atoms with Crippen molar-refractivity contribution in [3.8, 4) is 0 Å². The van der Waals surface area contributed by atoms with Crippen LogP contribution in [0.25, 0.3) is 10.9 Å². The molecule has 0 aliphatic carbocycles. The van der Waals surface area contributed by atoms with Crippen molar-refractivity contribution in [3.63, 3.8) is 0 Å². The van der Waals surface area contributed by atoms with Gasteiger partial charge in [-0.2, -0.15) is 5.10 Å². The van der Waals surface area contributed by atoms with Crippen LogP contribution in [0, 0.1) is 0 Å². The van der Waals surface area contributed by atoms with Crippen LogP contribution >= 0.6 is 0 Å². The number of aromatic nitrogens is 2. The number of benzene rings is 2. The molecule has 0 fully saturated rings. The van der Waals surface area contributed by atoms with E-state index in [-0.39, 0.29) is 5.56 Å². The second-order valence-electron chi connectivity index (χ2n) is 4.39. The lowest BCUT2D eigenvalue weighted by Gasteiger charge is -2.00. The van der Waals surface area contributed by atoms with E-state index in [1.165, 1.54) is 0 Å². The van der Waals surface area contributed by atoms with Gasteiger partial charge >= 0.3 is 5.97 Å². The van der Waals surface area contributed by atoms with Gasteiger partial charge in [-0.3, -0.25) is 4.68 Å². The topological polar surface area (TPSA) is 55.1 Å². The Morgan fingerprint density at radius 2 is 1.95 bits per heavy atom. The standard InChI is InChI=1S/C15H12N2O2/c18-15(19)12-6-7-13-10-17(16-14(13)8-12)9-11-4-2-1-3-5-11/h1-8,10H,9H2,(H,18,19). The maximum atomic E-state index is 10.9. The molecule has 0 saturated carbocycles. The molecule has 0 spiro atoms. The Labute approximate surface area is 109 Å². The van der Waals surface area contributed by atoms with Crippen LogP contribution in [-0.4, -0.2) is 20.9 Å². The number of rotatable bonds is 3. The highest BCUT2D eigenvalue weighted by Gasteiger charge is 2.06. The largest absolute Gasteiger partial charge is 0.478 e. The van der Waals surface area contributed by atoms with Gasteiger partial charge in [0.05, 0.1) is 17.6 Å². The van der Waals surface area contributed by atoms with Crippen LogP contribution in [0.1, 0.15) is 15.9 Å². The van der Waals surface area contributed by atoms with Crippen molar-refractivity contribution in [3.05, 3.63) is 65.9 Å². The van der Waals surface area contributed by atoms with Gasteiger partial charge in [-0.25, -0.2) is 4.79 Å². The van der Waals surface area contributed by atoms with Crippen molar-refractivity contribution in [1.82, 2.24) is 9.78 Å². The summed E-state index contributed by atoms with van der Waals surface area (Å²) in [6.07, 6.45) is 1.92. The van der Waals surface area contributed by atoms with Crippen LogP contribution in [0.4, 0.5) is 0 Å². The zero-order valence-electron chi connectivity index (χ0n) is 10.2. The molecule has 0 amide bonds. The van der Waals surface area contributed by atoms with E-state index in [0.717, 1.165) is 10.9 Å². The van der Waals surface area contributed by atoms with E-state index >= 15 is 0 Å². The molecule has 0 aliphatic heterocycles. The van der Waals surface area contributed by atoms with E-state index in [0.29, 0.717) is 12.1 Å². The highest BCUT2D eigenvalue weighted by atomic mass is 16.4. The van der Waals surface area contributed by atoms with Crippen LogP contribution < -0.4 is 0 Å². The molecule has 3 aromatic rings. The molecule has 0 atom stereocenters. The lowest BCUT2D eigenvalue weighted by Crippen LogP contribution is -1.99. The number of fused-ring (bicyclic) bond motifs is 1. The summed E-state index contributed by atoms with van der Waals surface area (Å²) in [5, 5.41) is 14.3. The molecule has 1 heterocycles. The molecule has 94 valence electrons. The molecular weight excluding hydrogens is 240 g/mol. The first-order chi connectivity index (χ1) is 9.22. The molecule has 0 unspecified atom stereocenters. The summed E-state index contributed by atoms with van der Waals surface area (Å²) in [6, 6.07) is 15.0. The maximum absolute atomic E-state index is 10.9. The third kappa shape index (κ3) is 2.33. The van der Waals surface area contributed by atoms with Crippen LogP contribution in [0.2, 0.25) is 0 Å². The lowest BCUT2D eigenvalue weighted by atomic mass is 10.2. The zero-order valence-corrected chi connectivity index (χ0v) is 10.2. The lowest BCUT2D eigenvalue weighted by molar-refractivity contribution is 0.0697. The highest BCUT2D eigenvalue weighted by Crippen LogP contribution is 2.15. The molecule has 0 bridgehead atoms. The Hall–Kier alpha value is -2.62. The van der Waals surface area contributed by atoms with Gasteiger partial charge in [-0.05, 0) is 17.7 Å². The number of aromatic carboxylic acids is 1. The summed E-state index contributed by atoms with van der Waals surface area (Å²) in [5.74, 6) is -0.931. The van der Waals surface area contributed by atoms with E-state index in [1.807, 2.05) is 41.2 Å². The number of hydrogen-bond acceptors (Lipinski definition) is 2. The zero-order chi connectivity index (χ0) is 13.2. The maximum Gasteiger partial charge on any atom is 0.335 e. The second kappa shape index (κ2) is 4.57. The summed E-state index contributed by atoms with van der Waals surface area (Å²) in [4.78, 5) is 10.9. The van der Waals surface area contributed by atoms with Gasteiger partial charge in [0, 0.05) is 11.6 Å². The predicted molar refractivity (Wildman–Crippen MR) is 72.2 cm³/mol. The molecule has 1 N–H and O–H groups in total. The minimum Gasteiger partial charge on any atom is -0.478 e. The fourth-order valence-electron chi connectivity index (χ4n) is 2.05. The van der Waals surface area contributed by atoms with Gasteiger partial charge < -0.3 is 5.11 Å². The third-order valence-electron chi connectivity index (χ3n) is 2.99. The number of hydrogen-bond donors (Lipinski definition) is 1. The fourth-order valence-corrected chi connectivity index (χ4v) is 2.05. The average Bonchev–Trinajstić information content (AvgIpc) is 2.80. The molecule has 0 aliphatic rings. The molecule has 0 radical (unpaired) electrons. The summed E-state index contributed by atoms with van der Waals surface area (Å²) in [5.41, 5.74) is 2.13. The Morgan fingerprint density at radius 3 is 2.68 bits per heavy atom. The van der Waals surface area contributed by atoms with Crippen LogP contribution in [0.15, 0.2) is 54.7 Å². The first-order valence-corrected chi connectivity index (χ1v) is 5.97. The number of carboxylic acid groups (broad SMARTS) is 1. The summed E-state index contributed by atoms with van der Waals surface area (Å²) < 4.78 is 1.83. The van der Waals surface area contributed by atoms with Crippen LogP contribution in [0.5, 0.6) is 0 Å². The third-order valence-corrected chi connectivity index (χ3v) is 2.99. The average molecular weight is 252 g/mol. The summed E-state index contributed by atoms with van der Waals surface area (Å²) in [6.45, 7) is 0.678. The summed E-state index contributed by atoms with van der Waals surface area (Å²) >= 11 is 0. The number of carbonyl (C=O) groups is 1. The Kier molecular flexibility index (Phi) is 2.76. The first kappa shape index (κ1) is 11.5. The Morgan fingerprint density at radius 1 is 1.16 bits per heavy atom. The molecule has 4 heteroatoms. The smallest absolute Gasteiger partial charge is 0.335 e. The monoisotopic (exact) mass is 252 g/mol. The van der Waals surface area contributed by atoms with Gasteiger partial charge in [0.25, 0.3) is 0 Å². The van der Waals surface area contributed by atoms with Crippen molar-refractivity contribution in [1.29, 1.82) is 0 Å². The van der Waals surface area contributed by atoms with Crippen molar-refractivity contribution in [2.24, 2.45) is 0 Å². The van der Waals surface area contributed by atoms with Gasteiger partial charge in [0.15, 0.2) is 0 Å². The fraction of sp³-hybridized carbons (Fsp3) is 0.0667. The second-order valence-corrected chi connectivity index (χ2v) is 4.39. The molecule has 0 saturated heterocycles. The van der Waals surface area contributed by atoms with Crippen molar-refractivity contribution < 1.29 is 9.90 Å². The highest BCUT2D eigenvalue weighted by molar-refractivity contribution is 5.92. The molecule has 2 aromatic carbocycles. The van der Waals surface area contributed by atoms with Gasteiger partial charge in [-0.1, -0.05) is 36.4 Å². The molecular formula is C15H12N2O2. The quantitative estimate of drug-likeness (QED) is 0.779. The summed E-state index contributed by atoms with van der Waals surface area (Å²) in [7, 11) is 0. The van der Waals surface area contributed by atoms with Gasteiger partial charge in [0.2, 0.25) is 0 Å². The van der Waals surface area contributed by atoms with Crippen LogP contribution in [-0.2, 0) is 6.54 Å². The van der Waals surface area contributed by atoms with E-state index < -0.39 is 5.97 Å². The first-order valence-electron chi connectivity index (χ1n) is 5.97. The van der Waals surface area contributed by atoms with E-state index in [1.54, 1.807) is 18.2 Å². The molecule has 19 heavy (non-hydrogen) atoms. The van der Waals surface area contributed by atoms with Crippen molar-refractivity contribution in [2.75, 3.05) is 0 Å². The Balaban J connectivity index is 1.95. The van der Waals surface area contributed by atoms with Crippen molar-refractivity contribution in [2.45, 2.75) is 6.54 Å². The Bertz CT molecular complexity index is 732. The molecule has 3 rings (SSSR count). The molecule has 1 aromatic heterocycles. The van der Waals surface area contributed by atoms with E-state index in [4.69, 9.17) is 5.11 Å². The van der Waals surface area contributed by atoms with E-state index in [2.05, 4.69) is 5.10 Å². The SMILES string of the molecule is O=C(O)c1ccc2cn(Cc3ccccc3)nc2c1. The number of carboxylic acids is 1. The minimum absolute atomic E-state index is 0.262. The normalized spacial score (nSPS) is 10.7. The minimum atomic E-state index is -0.931. The van der Waals surface area contributed by atoms with Crippen molar-refractivity contribution >= 4 is 16.9 Å². The molecule has 4 nitrogen and oxygen atoms in total. The predicted octanol–water partition coefficient (Wildman–Crippen LogP) is 2.78. The van der Waals surface area contributed by atoms with Gasteiger partial charge in [-0.15, -0.1) is 0 Å².